The number of hydrogen-bond donors (Lipinski definition) is 1. The molecule has 1 aromatic rings. The number of nitrogens with zero attached hydrogens (tertiary/aromatic N) is 3. The number of nitrogens with one attached hydrogen (secondary N) is 1. The van der Waals surface area contributed by atoms with Crippen LogP contribution in [0.5, 0.6) is 0 Å². The molecule has 1 unspecified atom stereocenters. The van der Waals surface area contributed by atoms with Gasteiger partial charge in [0, 0.05) is 19.0 Å². The summed E-state index contributed by atoms with van der Waals surface area (Å²) in [5, 5.41) is 7.91. The van der Waals surface area contributed by atoms with Gasteiger partial charge in [0.2, 0.25) is 0 Å². The highest BCUT2D eigenvalue weighted by Crippen LogP contribution is 2.34. The SMILES string of the molecule is CCCC1(c2nc(C)nn2C)CCCNC1. The molecule has 1 atom stereocenters. The molecular weight excluding hydrogens is 200 g/mol. The molecule has 4 heteroatoms. The Kier molecular flexibility index (Phi) is 3.28. The summed E-state index contributed by atoms with van der Waals surface area (Å²) in [5.74, 6) is 2.05. The van der Waals surface area contributed by atoms with E-state index >= 15 is 0 Å². The van der Waals surface area contributed by atoms with Gasteiger partial charge in [-0.3, -0.25) is 4.68 Å². The molecule has 16 heavy (non-hydrogen) atoms. The summed E-state index contributed by atoms with van der Waals surface area (Å²) in [4.78, 5) is 4.64. The van der Waals surface area contributed by atoms with Gasteiger partial charge in [0.1, 0.15) is 11.6 Å². The van der Waals surface area contributed by atoms with Crippen LogP contribution >= 0.6 is 0 Å². The minimum atomic E-state index is 0.211. The molecule has 0 spiro atoms. The minimum Gasteiger partial charge on any atom is -0.316 e. The molecule has 0 radical (unpaired) electrons. The normalized spacial score (nSPS) is 25.9. The maximum atomic E-state index is 4.64. The highest BCUT2D eigenvalue weighted by Gasteiger charge is 2.37. The summed E-state index contributed by atoms with van der Waals surface area (Å²) in [7, 11) is 2.02. The lowest BCUT2D eigenvalue weighted by Gasteiger charge is -2.36. The molecule has 0 aromatic carbocycles. The molecule has 0 saturated carbocycles. The molecular formula is C12H22N4. The number of aryl methyl sites for hydroxylation is 2. The molecule has 1 saturated heterocycles. The van der Waals surface area contributed by atoms with Gasteiger partial charge in [-0.05, 0) is 32.7 Å². The monoisotopic (exact) mass is 222 g/mol. The molecule has 1 fully saturated rings. The quantitative estimate of drug-likeness (QED) is 0.843. The largest absolute Gasteiger partial charge is 0.316 e. The smallest absolute Gasteiger partial charge is 0.147 e. The molecule has 90 valence electrons. The van der Waals surface area contributed by atoms with Crippen LogP contribution in [0.3, 0.4) is 0 Å². The van der Waals surface area contributed by atoms with Crippen molar-refractivity contribution in [3.8, 4) is 0 Å². The Morgan fingerprint density at radius 1 is 1.50 bits per heavy atom. The van der Waals surface area contributed by atoms with Crippen molar-refractivity contribution in [2.75, 3.05) is 13.1 Å². The van der Waals surface area contributed by atoms with Crippen LogP contribution in [0.4, 0.5) is 0 Å². The summed E-state index contributed by atoms with van der Waals surface area (Å²) in [6.45, 7) is 6.41. The van der Waals surface area contributed by atoms with E-state index in [-0.39, 0.29) is 5.41 Å². The van der Waals surface area contributed by atoms with Crippen LogP contribution in [0.25, 0.3) is 0 Å². The van der Waals surface area contributed by atoms with Crippen molar-refractivity contribution in [2.24, 2.45) is 7.05 Å². The zero-order valence-corrected chi connectivity index (χ0v) is 10.6. The summed E-state index contributed by atoms with van der Waals surface area (Å²) in [6.07, 6.45) is 4.88. The fourth-order valence-electron chi connectivity index (χ4n) is 2.94. The summed E-state index contributed by atoms with van der Waals surface area (Å²) < 4.78 is 1.97. The van der Waals surface area contributed by atoms with E-state index < -0.39 is 0 Å². The molecule has 1 aliphatic heterocycles. The van der Waals surface area contributed by atoms with Crippen LogP contribution in [0.15, 0.2) is 0 Å². The van der Waals surface area contributed by atoms with Crippen molar-refractivity contribution in [1.29, 1.82) is 0 Å². The first-order chi connectivity index (χ1) is 7.68. The van der Waals surface area contributed by atoms with E-state index in [1.54, 1.807) is 0 Å². The van der Waals surface area contributed by atoms with Crippen molar-refractivity contribution in [2.45, 2.75) is 44.9 Å². The average molecular weight is 222 g/mol. The second-order valence-corrected chi connectivity index (χ2v) is 4.92. The Hall–Kier alpha value is -0.900. The minimum absolute atomic E-state index is 0.211. The Morgan fingerprint density at radius 3 is 2.81 bits per heavy atom. The van der Waals surface area contributed by atoms with Gasteiger partial charge in [0.05, 0.1) is 0 Å². The molecule has 0 amide bonds. The van der Waals surface area contributed by atoms with Crippen LogP contribution in [0, 0.1) is 6.92 Å². The van der Waals surface area contributed by atoms with E-state index in [1.165, 1.54) is 31.5 Å². The standard InChI is InChI=1S/C12H22N4/c1-4-6-12(7-5-8-13-9-12)11-14-10(2)15-16(11)3/h13H,4-9H2,1-3H3. The predicted molar refractivity (Wildman–Crippen MR) is 64.4 cm³/mol. The maximum absolute atomic E-state index is 4.64. The van der Waals surface area contributed by atoms with Crippen LogP contribution in [0.1, 0.15) is 44.3 Å². The fourth-order valence-corrected chi connectivity index (χ4v) is 2.94. The van der Waals surface area contributed by atoms with Gasteiger partial charge >= 0.3 is 0 Å². The first kappa shape index (κ1) is 11.6. The van der Waals surface area contributed by atoms with E-state index in [0.717, 1.165) is 18.9 Å². The van der Waals surface area contributed by atoms with Gasteiger partial charge in [-0.2, -0.15) is 5.10 Å². The number of aromatic nitrogens is 3. The highest BCUT2D eigenvalue weighted by atomic mass is 15.3. The zero-order valence-electron chi connectivity index (χ0n) is 10.6. The summed E-state index contributed by atoms with van der Waals surface area (Å²) in [5.41, 5.74) is 0.211. The topological polar surface area (TPSA) is 42.7 Å². The van der Waals surface area contributed by atoms with Crippen LogP contribution < -0.4 is 5.32 Å². The predicted octanol–water partition coefficient (Wildman–Crippen LogP) is 1.54. The number of hydrogen-bond acceptors (Lipinski definition) is 3. The van der Waals surface area contributed by atoms with E-state index in [2.05, 4.69) is 22.3 Å². The van der Waals surface area contributed by atoms with Crippen LogP contribution in [-0.4, -0.2) is 27.9 Å². The lowest BCUT2D eigenvalue weighted by Crippen LogP contribution is -2.45. The van der Waals surface area contributed by atoms with Gasteiger partial charge in [-0.1, -0.05) is 13.3 Å². The second kappa shape index (κ2) is 4.53. The van der Waals surface area contributed by atoms with Gasteiger partial charge < -0.3 is 5.32 Å². The third-order valence-electron chi connectivity index (χ3n) is 3.54. The van der Waals surface area contributed by atoms with E-state index in [9.17, 15) is 0 Å². The molecule has 0 aliphatic carbocycles. The molecule has 2 rings (SSSR count). The van der Waals surface area contributed by atoms with Gasteiger partial charge in [0.15, 0.2) is 0 Å². The van der Waals surface area contributed by atoms with Crippen LogP contribution in [-0.2, 0) is 12.5 Å². The third kappa shape index (κ3) is 1.98. The molecule has 1 aliphatic rings. The van der Waals surface area contributed by atoms with E-state index in [0.29, 0.717) is 0 Å². The summed E-state index contributed by atoms with van der Waals surface area (Å²) in [6, 6.07) is 0. The molecule has 2 heterocycles. The molecule has 1 N–H and O–H groups in total. The lowest BCUT2D eigenvalue weighted by atomic mass is 9.76. The zero-order chi connectivity index (χ0) is 11.6. The first-order valence-corrected chi connectivity index (χ1v) is 6.27. The van der Waals surface area contributed by atoms with Gasteiger partial charge in [0.25, 0.3) is 0 Å². The van der Waals surface area contributed by atoms with Crippen molar-refractivity contribution < 1.29 is 0 Å². The third-order valence-corrected chi connectivity index (χ3v) is 3.54. The van der Waals surface area contributed by atoms with Crippen molar-refractivity contribution in [3.05, 3.63) is 11.6 Å². The lowest BCUT2D eigenvalue weighted by molar-refractivity contribution is 0.267. The van der Waals surface area contributed by atoms with E-state index in [4.69, 9.17) is 0 Å². The fraction of sp³-hybridized carbons (Fsp3) is 0.833. The average Bonchev–Trinajstić information content (AvgIpc) is 2.60. The Labute approximate surface area is 97.5 Å². The van der Waals surface area contributed by atoms with Crippen LogP contribution in [0.2, 0.25) is 0 Å². The number of rotatable bonds is 3. The molecule has 4 nitrogen and oxygen atoms in total. The van der Waals surface area contributed by atoms with Crippen molar-refractivity contribution in [1.82, 2.24) is 20.1 Å². The summed E-state index contributed by atoms with van der Waals surface area (Å²) >= 11 is 0. The first-order valence-electron chi connectivity index (χ1n) is 6.27. The Morgan fingerprint density at radius 2 is 2.31 bits per heavy atom. The van der Waals surface area contributed by atoms with E-state index in [1.807, 2.05) is 18.7 Å². The Balaban J connectivity index is 2.34. The second-order valence-electron chi connectivity index (χ2n) is 4.92. The van der Waals surface area contributed by atoms with Crippen molar-refractivity contribution in [3.63, 3.8) is 0 Å². The molecule has 0 bridgehead atoms. The van der Waals surface area contributed by atoms with Gasteiger partial charge in [-0.15, -0.1) is 0 Å². The number of piperidine rings is 1. The molecule has 1 aromatic heterocycles. The maximum Gasteiger partial charge on any atom is 0.147 e. The van der Waals surface area contributed by atoms with Gasteiger partial charge in [-0.25, -0.2) is 4.98 Å². The van der Waals surface area contributed by atoms with Crippen molar-refractivity contribution >= 4 is 0 Å². The highest BCUT2D eigenvalue weighted by molar-refractivity contribution is 5.12. The Bertz CT molecular complexity index is 344.